The number of hydrogen-bond acceptors (Lipinski definition) is 6. The summed E-state index contributed by atoms with van der Waals surface area (Å²) in [5.41, 5.74) is 0.0284. The lowest BCUT2D eigenvalue weighted by molar-refractivity contribution is 0.0944. The Morgan fingerprint density at radius 2 is 2.22 bits per heavy atom. The third kappa shape index (κ3) is 3.77. The van der Waals surface area contributed by atoms with Crippen LogP contribution in [0, 0.1) is 12.3 Å². The van der Waals surface area contributed by atoms with Gasteiger partial charge in [-0.1, -0.05) is 0 Å². The van der Waals surface area contributed by atoms with E-state index in [1.165, 1.54) is 6.39 Å². The van der Waals surface area contributed by atoms with Crippen molar-refractivity contribution >= 4 is 5.91 Å². The molecule has 0 atom stereocenters. The molecular weight excluding hydrogens is 294 g/mol. The predicted molar refractivity (Wildman–Crippen MR) is 84.0 cm³/mol. The summed E-state index contributed by atoms with van der Waals surface area (Å²) in [6.45, 7) is 2.37. The number of nitrogens with zero attached hydrogens (tertiary/aromatic N) is 3. The Balaban J connectivity index is 1.51. The van der Waals surface area contributed by atoms with Crippen LogP contribution < -0.4 is 10.6 Å². The van der Waals surface area contributed by atoms with Crippen LogP contribution in [0.25, 0.3) is 0 Å². The maximum absolute atomic E-state index is 12.3. The summed E-state index contributed by atoms with van der Waals surface area (Å²) in [6, 6.07) is 0. The maximum atomic E-state index is 12.3. The molecule has 2 aliphatic rings. The van der Waals surface area contributed by atoms with E-state index in [1.54, 1.807) is 0 Å². The summed E-state index contributed by atoms with van der Waals surface area (Å²) in [5, 5.41) is 14.3. The highest BCUT2D eigenvalue weighted by atomic mass is 16.3. The van der Waals surface area contributed by atoms with Gasteiger partial charge in [0.05, 0.1) is 0 Å². The molecule has 0 saturated carbocycles. The van der Waals surface area contributed by atoms with E-state index in [-0.39, 0.29) is 17.5 Å². The molecule has 0 aliphatic carbocycles. The van der Waals surface area contributed by atoms with Gasteiger partial charge in [0.25, 0.3) is 5.91 Å². The van der Waals surface area contributed by atoms with Crippen LogP contribution in [0.1, 0.15) is 54.3 Å². The van der Waals surface area contributed by atoms with E-state index in [4.69, 9.17) is 10.8 Å². The number of piperidine rings is 1. The standard InChI is InChI=1S/C16H21N5O2/c1-2-3-6-16(20-21-16)7-10-18-15(22)13-14(23-11-19-13)12-4-8-17-9-5-12/h1,11-12,17H,3-10H2,(H,18,22). The lowest BCUT2D eigenvalue weighted by Crippen LogP contribution is -2.31. The fraction of sp³-hybridized carbons (Fsp3) is 0.625. The average molecular weight is 315 g/mol. The van der Waals surface area contributed by atoms with Crippen molar-refractivity contribution in [3.05, 3.63) is 17.8 Å². The van der Waals surface area contributed by atoms with Gasteiger partial charge in [0.2, 0.25) is 0 Å². The number of aromatic nitrogens is 1. The van der Waals surface area contributed by atoms with Gasteiger partial charge < -0.3 is 15.1 Å². The molecule has 7 nitrogen and oxygen atoms in total. The van der Waals surface area contributed by atoms with Crippen molar-refractivity contribution in [3.8, 4) is 12.3 Å². The van der Waals surface area contributed by atoms with Crippen molar-refractivity contribution < 1.29 is 9.21 Å². The summed E-state index contributed by atoms with van der Waals surface area (Å²) < 4.78 is 5.48. The van der Waals surface area contributed by atoms with Gasteiger partial charge >= 0.3 is 0 Å². The second kappa shape index (κ2) is 6.92. The third-order valence-corrected chi connectivity index (χ3v) is 4.38. The topological polar surface area (TPSA) is 91.9 Å². The first kappa shape index (κ1) is 15.7. The number of carbonyl (C=O) groups is 1. The summed E-state index contributed by atoms with van der Waals surface area (Å²) >= 11 is 0. The summed E-state index contributed by atoms with van der Waals surface area (Å²) in [7, 11) is 0. The van der Waals surface area contributed by atoms with Crippen molar-refractivity contribution in [3.63, 3.8) is 0 Å². The van der Waals surface area contributed by atoms with Gasteiger partial charge in [0.15, 0.2) is 17.8 Å². The number of oxazole rings is 1. The number of rotatable bonds is 7. The Hall–Kier alpha value is -2.20. The molecule has 1 fully saturated rings. The number of nitrogens with one attached hydrogen (secondary N) is 2. The predicted octanol–water partition coefficient (Wildman–Crippen LogP) is 1.84. The molecule has 0 bridgehead atoms. The first-order valence-electron chi connectivity index (χ1n) is 8.04. The van der Waals surface area contributed by atoms with E-state index < -0.39 is 0 Å². The molecule has 3 rings (SSSR count). The van der Waals surface area contributed by atoms with Crippen molar-refractivity contribution in [2.24, 2.45) is 10.2 Å². The van der Waals surface area contributed by atoms with Gasteiger partial charge in [-0.25, -0.2) is 4.98 Å². The number of hydrogen-bond donors (Lipinski definition) is 2. The lowest BCUT2D eigenvalue weighted by atomic mass is 9.94. The zero-order valence-electron chi connectivity index (χ0n) is 13.0. The maximum Gasteiger partial charge on any atom is 0.273 e. The number of carbonyl (C=O) groups excluding carboxylic acids is 1. The smallest absolute Gasteiger partial charge is 0.273 e. The quantitative estimate of drug-likeness (QED) is 0.751. The highest BCUT2D eigenvalue weighted by molar-refractivity contribution is 5.93. The molecule has 2 aliphatic heterocycles. The Morgan fingerprint density at radius 1 is 1.43 bits per heavy atom. The Kier molecular flexibility index (Phi) is 4.72. The van der Waals surface area contributed by atoms with Crippen molar-refractivity contribution in [2.45, 2.75) is 43.7 Å². The van der Waals surface area contributed by atoms with E-state index in [0.29, 0.717) is 30.8 Å². The van der Waals surface area contributed by atoms with Gasteiger partial charge in [-0.2, -0.15) is 10.2 Å². The SMILES string of the molecule is C#CCCC1(CCNC(=O)c2ncoc2C2CCNCC2)N=N1. The van der Waals surface area contributed by atoms with E-state index in [0.717, 1.165) is 32.4 Å². The summed E-state index contributed by atoms with van der Waals surface area (Å²) in [6.07, 6.45) is 10.6. The molecule has 2 N–H and O–H groups in total. The molecule has 122 valence electrons. The molecule has 0 aromatic carbocycles. The molecule has 1 aromatic heterocycles. The molecule has 1 saturated heterocycles. The van der Waals surface area contributed by atoms with Crippen LogP contribution in [0.3, 0.4) is 0 Å². The summed E-state index contributed by atoms with van der Waals surface area (Å²) in [4.78, 5) is 16.4. The van der Waals surface area contributed by atoms with Crippen molar-refractivity contribution in [2.75, 3.05) is 19.6 Å². The zero-order chi connectivity index (χ0) is 16.1. The highest BCUT2D eigenvalue weighted by Crippen LogP contribution is 2.36. The third-order valence-electron chi connectivity index (χ3n) is 4.38. The van der Waals surface area contributed by atoms with Crippen molar-refractivity contribution in [1.29, 1.82) is 0 Å². The molecule has 7 heteroatoms. The molecule has 0 radical (unpaired) electrons. The van der Waals surface area contributed by atoms with Crippen LogP contribution in [-0.2, 0) is 0 Å². The van der Waals surface area contributed by atoms with Crippen LogP contribution in [0.15, 0.2) is 21.0 Å². The number of terminal acetylenes is 1. The van der Waals surface area contributed by atoms with Crippen LogP contribution in [-0.4, -0.2) is 36.2 Å². The molecular formula is C16H21N5O2. The van der Waals surface area contributed by atoms with Gasteiger partial charge in [-0.05, 0) is 25.9 Å². The summed E-state index contributed by atoms with van der Waals surface area (Å²) in [5.74, 6) is 3.36. The van der Waals surface area contributed by atoms with Crippen LogP contribution >= 0.6 is 0 Å². The van der Waals surface area contributed by atoms with Crippen LogP contribution in [0.5, 0.6) is 0 Å². The fourth-order valence-corrected chi connectivity index (χ4v) is 2.93. The van der Waals surface area contributed by atoms with E-state index in [9.17, 15) is 4.79 Å². The number of amides is 1. The lowest BCUT2D eigenvalue weighted by Gasteiger charge is -2.21. The molecule has 1 aromatic rings. The van der Waals surface area contributed by atoms with Gasteiger partial charge in [0, 0.05) is 31.7 Å². The second-order valence-electron chi connectivity index (χ2n) is 5.98. The average Bonchev–Trinajstić information content (AvgIpc) is 3.17. The van der Waals surface area contributed by atoms with Gasteiger partial charge in [-0.15, -0.1) is 12.3 Å². The Labute approximate surface area is 135 Å². The fourth-order valence-electron chi connectivity index (χ4n) is 2.93. The minimum absolute atomic E-state index is 0.194. The van der Waals surface area contributed by atoms with Crippen LogP contribution in [0.2, 0.25) is 0 Å². The second-order valence-corrected chi connectivity index (χ2v) is 5.98. The van der Waals surface area contributed by atoms with E-state index in [2.05, 4.69) is 31.8 Å². The zero-order valence-corrected chi connectivity index (χ0v) is 13.0. The Morgan fingerprint density at radius 3 is 2.91 bits per heavy atom. The first-order chi connectivity index (χ1) is 11.2. The first-order valence-corrected chi connectivity index (χ1v) is 8.04. The van der Waals surface area contributed by atoms with Gasteiger partial charge in [0.1, 0.15) is 5.76 Å². The molecule has 0 unspecified atom stereocenters. The normalized spacial score (nSPS) is 19.3. The molecule has 1 amide bonds. The highest BCUT2D eigenvalue weighted by Gasteiger charge is 2.38. The van der Waals surface area contributed by atoms with E-state index in [1.807, 2.05) is 0 Å². The molecule has 0 spiro atoms. The van der Waals surface area contributed by atoms with E-state index >= 15 is 0 Å². The largest absolute Gasteiger partial charge is 0.447 e. The molecule has 3 heterocycles. The Bertz CT molecular complexity index is 619. The minimum atomic E-state index is -0.374. The monoisotopic (exact) mass is 315 g/mol. The van der Waals surface area contributed by atoms with Crippen molar-refractivity contribution in [1.82, 2.24) is 15.6 Å². The molecule has 23 heavy (non-hydrogen) atoms. The minimum Gasteiger partial charge on any atom is -0.447 e. The van der Waals surface area contributed by atoms with Gasteiger partial charge in [-0.3, -0.25) is 4.79 Å². The van der Waals surface area contributed by atoms with Crippen LogP contribution in [0.4, 0.5) is 0 Å².